The summed E-state index contributed by atoms with van der Waals surface area (Å²) in [5.74, 6) is 3.29. The lowest BCUT2D eigenvalue weighted by Crippen LogP contribution is -2.42. The molecule has 2 aliphatic carbocycles. The van der Waals surface area contributed by atoms with Gasteiger partial charge in [-0.05, 0) is 55.6 Å². The van der Waals surface area contributed by atoms with E-state index in [1.54, 1.807) is 6.07 Å². The van der Waals surface area contributed by atoms with Crippen molar-refractivity contribution in [2.24, 2.45) is 23.7 Å². The van der Waals surface area contributed by atoms with Crippen LogP contribution in [0, 0.1) is 23.7 Å². The molecule has 1 saturated carbocycles. The molecule has 1 amide bonds. The van der Waals surface area contributed by atoms with Crippen LogP contribution in [0.4, 0.5) is 5.82 Å². The molecule has 24 heavy (non-hydrogen) atoms. The number of piperidine rings is 1. The summed E-state index contributed by atoms with van der Waals surface area (Å²) < 4.78 is 0. The number of rotatable bonds is 4. The lowest BCUT2D eigenvalue weighted by Gasteiger charge is -2.32. The van der Waals surface area contributed by atoms with Crippen LogP contribution in [0.1, 0.15) is 25.7 Å². The van der Waals surface area contributed by atoms with Crippen molar-refractivity contribution in [2.45, 2.75) is 25.7 Å². The van der Waals surface area contributed by atoms with Crippen LogP contribution in [0.5, 0.6) is 0 Å². The van der Waals surface area contributed by atoms with Gasteiger partial charge in [-0.1, -0.05) is 23.8 Å². The van der Waals surface area contributed by atoms with Gasteiger partial charge in [0.15, 0.2) is 11.0 Å². The lowest BCUT2D eigenvalue weighted by molar-refractivity contribution is -0.125. The number of carbonyl (C=O) groups is 1. The molecule has 1 saturated heterocycles. The zero-order chi connectivity index (χ0) is 16.5. The standard InChI is InChI=1S/C18H23ClN4O/c19-16-3-4-17(22-21-16)23-7-5-13(6-8-23)18(24)20-11-15-10-12-1-2-14(15)9-12/h1-4,12-15H,5-11H2,(H,20,24). The predicted octanol–water partition coefficient (Wildman–Crippen LogP) is 2.67. The molecule has 4 rings (SSSR count). The van der Waals surface area contributed by atoms with Crippen LogP contribution in [0.3, 0.4) is 0 Å². The Morgan fingerprint density at radius 3 is 2.67 bits per heavy atom. The molecule has 2 fully saturated rings. The van der Waals surface area contributed by atoms with E-state index in [1.807, 2.05) is 6.07 Å². The number of nitrogens with one attached hydrogen (secondary N) is 1. The fraction of sp³-hybridized carbons (Fsp3) is 0.611. The first-order valence-corrected chi connectivity index (χ1v) is 9.27. The number of fused-ring (bicyclic) bond motifs is 2. The monoisotopic (exact) mass is 346 g/mol. The number of hydrogen-bond donors (Lipinski definition) is 1. The highest BCUT2D eigenvalue weighted by atomic mass is 35.5. The number of anilines is 1. The first-order chi connectivity index (χ1) is 11.7. The molecule has 0 spiro atoms. The van der Waals surface area contributed by atoms with E-state index in [2.05, 4.69) is 32.6 Å². The molecule has 128 valence electrons. The normalized spacial score (nSPS) is 29.2. The van der Waals surface area contributed by atoms with E-state index >= 15 is 0 Å². The molecule has 1 aromatic heterocycles. The second kappa shape index (κ2) is 6.71. The number of allylic oxidation sites excluding steroid dienone is 2. The highest BCUT2D eigenvalue weighted by Gasteiger charge is 2.36. The molecule has 3 atom stereocenters. The minimum absolute atomic E-state index is 0.121. The molecule has 1 aromatic rings. The van der Waals surface area contributed by atoms with Crippen LogP contribution < -0.4 is 10.2 Å². The van der Waals surface area contributed by atoms with Crippen molar-refractivity contribution in [2.75, 3.05) is 24.5 Å². The van der Waals surface area contributed by atoms with E-state index in [1.165, 1.54) is 12.8 Å². The Labute approximate surface area is 147 Å². The molecular weight excluding hydrogens is 324 g/mol. The van der Waals surface area contributed by atoms with Crippen LogP contribution in [0.15, 0.2) is 24.3 Å². The number of nitrogens with zero attached hydrogens (tertiary/aromatic N) is 3. The molecular formula is C18H23ClN4O. The van der Waals surface area contributed by atoms with E-state index in [-0.39, 0.29) is 11.8 Å². The van der Waals surface area contributed by atoms with Gasteiger partial charge in [0.1, 0.15) is 0 Å². The summed E-state index contributed by atoms with van der Waals surface area (Å²) in [4.78, 5) is 14.6. The van der Waals surface area contributed by atoms with Crippen LogP contribution in [0.25, 0.3) is 0 Å². The Morgan fingerprint density at radius 1 is 1.21 bits per heavy atom. The molecule has 2 bridgehead atoms. The smallest absolute Gasteiger partial charge is 0.223 e. The minimum Gasteiger partial charge on any atom is -0.356 e. The Hall–Kier alpha value is -1.62. The van der Waals surface area contributed by atoms with Gasteiger partial charge in [0.2, 0.25) is 5.91 Å². The average Bonchev–Trinajstić information content (AvgIpc) is 3.23. The van der Waals surface area contributed by atoms with Crippen LogP contribution in [-0.4, -0.2) is 35.7 Å². The highest BCUT2D eigenvalue weighted by molar-refractivity contribution is 6.29. The number of amides is 1. The maximum atomic E-state index is 12.5. The van der Waals surface area contributed by atoms with Crippen molar-refractivity contribution in [1.29, 1.82) is 0 Å². The van der Waals surface area contributed by atoms with Gasteiger partial charge in [-0.3, -0.25) is 4.79 Å². The second-order valence-electron chi connectivity index (χ2n) is 7.26. The lowest BCUT2D eigenvalue weighted by atomic mass is 9.92. The number of aromatic nitrogens is 2. The minimum atomic E-state index is 0.121. The number of halogens is 1. The third-order valence-electron chi connectivity index (χ3n) is 5.76. The molecule has 2 heterocycles. The van der Waals surface area contributed by atoms with Gasteiger partial charge < -0.3 is 10.2 Å². The van der Waals surface area contributed by atoms with Gasteiger partial charge in [0.05, 0.1) is 0 Å². The van der Waals surface area contributed by atoms with E-state index in [9.17, 15) is 4.79 Å². The summed E-state index contributed by atoms with van der Waals surface area (Å²) in [7, 11) is 0. The summed E-state index contributed by atoms with van der Waals surface area (Å²) in [6.07, 6.45) is 8.96. The zero-order valence-corrected chi connectivity index (χ0v) is 14.5. The van der Waals surface area contributed by atoms with Crippen molar-refractivity contribution in [1.82, 2.24) is 15.5 Å². The Balaban J connectivity index is 1.24. The molecule has 3 unspecified atom stereocenters. The third-order valence-corrected chi connectivity index (χ3v) is 5.96. The number of hydrogen-bond acceptors (Lipinski definition) is 4. The van der Waals surface area contributed by atoms with Gasteiger partial charge in [0, 0.05) is 25.6 Å². The molecule has 1 N–H and O–H groups in total. The van der Waals surface area contributed by atoms with Gasteiger partial charge in [-0.2, -0.15) is 0 Å². The largest absolute Gasteiger partial charge is 0.356 e. The summed E-state index contributed by atoms with van der Waals surface area (Å²) in [5, 5.41) is 11.6. The quantitative estimate of drug-likeness (QED) is 0.851. The van der Waals surface area contributed by atoms with E-state index in [4.69, 9.17) is 11.6 Å². The van der Waals surface area contributed by atoms with Gasteiger partial charge in [0.25, 0.3) is 0 Å². The fourth-order valence-electron chi connectivity index (χ4n) is 4.35. The topological polar surface area (TPSA) is 58.1 Å². The highest BCUT2D eigenvalue weighted by Crippen LogP contribution is 2.43. The first-order valence-electron chi connectivity index (χ1n) is 8.89. The van der Waals surface area contributed by atoms with Crippen molar-refractivity contribution in [3.8, 4) is 0 Å². The van der Waals surface area contributed by atoms with Crippen molar-refractivity contribution < 1.29 is 4.79 Å². The first kappa shape index (κ1) is 15.9. The Bertz CT molecular complexity index is 624. The van der Waals surface area contributed by atoms with Crippen molar-refractivity contribution in [3.63, 3.8) is 0 Å². The van der Waals surface area contributed by atoms with Gasteiger partial charge in [-0.25, -0.2) is 0 Å². The molecule has 0 aromatic carbocycles. The molecule has 5 nitrogen and oxygen atoms in total. The third kappa shape index (κ3) is 3.27. The van der Waals surface area contributed by atoms with Crippen LogP contribution in [-0.2, 0) is 4.79 Å². The molecule has 6 heteroatoms. The van der Waals surface area contributed by atoms with Gasteiger partial charge >= 0.3 is 0 Å². The number of carbonyl (C=O) groups excluding carboxylic acids is 1. The summed E-state index contributed by atoms with van der Waals surface area (Å²) >= 11 is 5.78. The van der Waals surface area contributed by atoms with E-state index < -0.39 is 0 Å². The van der Waals surface area contributed by atoms with Crippen molar-refractivity contribution >= 4 is 23.3 Å². The maximum Gasteiger partial charge on any atom is 0.223 e. The SMILES string of the molecule is O=C(NCC1CC2C=CC1C2)C1CCN(c2ccc(Cl)nn2)CC1. The van der Waals surface area contributed by atoms with Gasteiger partial charge in [-0.15, -0.1) is 10.2 Å². The summed E-state index contributed by atoms with van der Waals surface area (Å²) in [6.45, 7) is 2.52. The maximum absolute atomic E-state index is 12.5. The Morgan fingerprint density at radius 2 is 2.04 bits per heavy atom. The summed E-state index contributed by atoms with van der Waals surface area (Å²) in [5.41, 5.74) is 0. The second-order valence-corrected chi connectivity index (χ2v) is 7.65. The van der Waals surface area contributed by atoms with Crippen LogP contribution >= 0.6 is 11.6 Å². The van der Waals surface area contributed by atoms with E-state index in [0.29, 0.717) is 17.0 Å². The Kier molecular flexibility index (Phi) is 4.44. The fourth-order valence-corrected chi connectivity index (χ4v) is 4.45. The molecule has 0 radical (unpaired) electrons. The molecule has 3 aliphatic rings. The summed E-state index contributed by atoms with van der Waals surface area (Å²) in [6, 6.07) is 3.64. The zero-order valence-electron chi connectivity index (χ0n) is 13.7. The van der Waals surface area contributed by atoms with E-state index in [0.717, 1.165) is 44.2 Å². The van der Waals surface area contributed by atoms with Crippen LogP contribution in [0.2, 0.25) is 5.15 Å². The average molecular weight is 347 g/mol. The van der Waals surface area contributed by atoms with Crippen molar-refractivity contribution in [3.05, 3.63) is 29.4 Å². The molecule has 1 aliphatic heterocycles. The predicted molar refractivity (Wildman–Crippen MR) is 93.8 cm³/mol.